The molecule has 0 fully saturated rings. The molecule has 2 aromatic carbocycles. The van der Waals surface area contributed by atoms with E-state index in [0.717, 1.165) is 5.56 Å². The average Bonchev–Trinajstić information content (AvgIpc) is 2.67. The SMILES string of the molecule is COC(=O)c1ccc(OCCCOc2cccc(C=NNC(N)=O)c2)cc1. The van der Waals surface area contributed by atoms with Gasteiger partial charge in [-0.1, -0.05) is 12.1 Å². The van der Waals surface area contributed by atoms with Crippen LogP contribution < -0.4 is 20.6 Å². The second-order valence-electron chi connectivity index (χ2n) is 5.37. The first kappa shape index (κ1) is 19.8. The predicted octanol–water partition coefficient (Wildman–Crippen LogP) is 2.32. The molecule has 0 atom stereocenters. The van der Waals surface area contributed by atoms with Crippen LogP contribution in [0.5, 0.6) is 11.5 Å². The molecule has 8 heteroatoms. The van der Waals surface area contributed by atoms with Gasteiger partial charge in [-0.25, -0.2) is 15.0 Å². The third-order valence-electron chi connectivity index (χ3n) is 3.35. The maximum atomic E-state index is 11.4. The van der Waals surface area contributed by atoms with Gasteiger partial charge in [-0.3, -0.25) is 0 Å². The molecule has 0 radical (unpaired) electrons. The monoisotopic (exact) mass is 371 g/mol. The van der Waals surface area contributed by atoms with Gasteiger partial charge in [-0.05, 0) is 42.0 Å². The normalized spacial score (nSPS) is 10.4. The molecule has 0 aromatic heterocycles. The van der Waals surface area contributed by atoms with Gasteiger partial charge in [0.15, 0.2) is 0 Å². The van der Waals surface area contributed by atoms with Crippen LogP contribution in [-0.4, -0.2) is 38.5 Å². The smallest absolute Gasteiger partial charge is 0.337 e. The summed E-state index contributed by atoms with van der Waals surface area (Å²) in [6.45, 7) is 0.946. The summed E-state index contributed by atoms with van der Waals surface area (Å²) in [6, 6.07) is 13.3. The molecule has 0 aliphatic rings. The fraction of sp³-hybridized carbons (Fsp3) is 0.211. The van der Waals surface area contributed by atoms with Crippen LogP contribution in [0, 0.1) is 0 Å². The van der Waals surface area contributed by atoms with Crippen LogP contribution in [0.2, 0.25) is 0 Å². The zero-order valence-corrected chi connectivity index (χ0v) is 14.9. The lowest BCUT2D eigenvalue weighted by Gasteiger charge is -2.09. The van der Waals surface area contributed by atoms with Crippen molar-refractivity contribution in [3.05, 3.63) is 59.7 Å². The van der Waals surface area contributed by atoms with Gasteiger partial charge in [-0.15, -0.1) is 0 Å². The lowest BCUT2D eigenvalue weighted by Crippen LogP contribution is -2.24. The molecule has 8 nitrogen and oxygen atoms in total. The number of hydrogen-bond donors (Lipinski definition) is 2. The Labute approximate surface area is 156 Å². The summed E-state index contributed by atoms with van der Waals surface area (Å²) in [5.41, 5.74) is 8.30. The quantitative estimate of drug-likeness (QED) is 0.304. The molecule has 0 heterocycles. The van der Waals surface area contributed by atoms with Gasteiger partial charge in [0, 0.05) is 6.42 Å². The topological polar surface area (TPSA) is 112 Å². The minimum absolute atomic E-state index is 0.382. The van der Waals surface area contributed by atoms with E-state index >= 15 is 0 Å². The molecule has 2 aromatic rings. The minimum atomic E-state index is -0.724. The van der Waals surface area contributed by atoms with Crippen LogP contribution in [-0.2, 0) is 4.74 Å². The van der Waals surface area contributed by atoms with E-state index in [9.17, 15) is 9.59 Å². The van der Waals surface area contributed by atoms with Crippen molar-refractivity contribution in [1.82, 2.24) is 5.43 Å². The van der Waals surface area contributed by atoms with Crippen molar-refractivity contribution < 1.29 is 23.8 Å². The number of urea groups is 1. The molecule has 0 bridgehead atoms. The molecule has 2 amide bonds. The fourth-order valence-corrected chi connectivity index (χ4v) is 2.10. The summed E-state index contributed by atoms with van der Waals surface area (Å²) in [7, 11) is 1.34. The third kappa shape index (κ3) is 7.07. The van der Waals surface area contributed by atoms with Crippen molar-refractivity contribution >= 4 is 18.2 Å². The molecular formula is C19H21N3O5. The summed E-state index contributed by atoms with van der Waals surface area (Å²) in [4.78, 5) is 21.9. The fourth-order valence-electron chi connectivity index (χ4n) is 2.10. The summed E-state index contributed by atoms with van der Waals surface area (Å²) in [6.07, 6.45) is 2.15. The lowest BCUT2D eigenvalue weighted by molar-refractivity contribution is 0.0600. The van der Waals surface area contributed by atoms with E-state index < -0.39 is 6.03 Å². The number of carbonyl (C=O) groups excluding carboxylic acids is 2. The largest absolute Gasteiger partial charge is 0.493 e. The number of nitrogens with two attached hydrogens (primary N) is 1. The summed E-state index contributed by atoms with van der Waals surface area (Å²) in [5.74, 6) is 0.968. The molecule has 0 spiro atoms. The number of rotatable bonds is 9. The van der Waals surface area contributed by atoms with Crippen molar-refractivity contribution in [2.45, 2.75) is 6.42 Å². The summed E-state index contributed by atoms with van der Waals surface area (Å²) >= 11 is 0. The first-order chi connectivity index (χ1) is 13.1. The standard InChI is InChI=1S/C19H21N3O5/c1-25-18(23)15-6-8-16(9-7-15)26-10-3-11-27-17-5-2-4-14(12-17)13-21-22-19(20)24/h2,4-9,12-13H,3,10-11H2,1H3,(H3,20,22,24). The van der Waals surface area contributed by atoms with Gasteiger partial charge in [0.2, 0.25) is 0 Å². The molecule has 142 valence electrons. The molecular weight excluding hydrogens is 350 g/mol. The number of hydrazone groups is 1. The first-order valence-electron chi connectivity index (χ1n) is 8.21. The Balaban J connectivity index is 1.71. The maximum absolute atomic E-state index is 11.4. The molecule has 0 saturated heterocycles. The Morgan fingerprint density at radius 3 is 2.44 bits per heavy atom. The average molecular weight is 371 g/mol. The number of nitrogens with one attached hydrogen (secondary N) is 1. The van der Waals surface area contributed by atoms with Crippen molar-refractivity contribution in [2.75, 3.05) is 20.3 Å². The number of nitrogens with zero attached hydrogens (tertiary/aromatic N) is 1. The highest BCUT2D eigenvalue weighted by molar-refractivity contribution is 5.89. The Hall–Kier alpha value is -3.55. The highest BCUT2D eigenvalue weighted by Crippen LogP contribution is 2.14. The molecule has 0 aliphatic heterocycles. The van der Waals surface area contributed by atoms with Crippen molar-refractivity contribution in [2.24, 2.45) is 10.8 Å². The first-order valence-corrected chi connectivity index (χ1v) is 8.21. The highest BCUT2D eigenvalue weighted by Gasteiger charge is 2.04. The van der Waals surface area contributed by atoms with Crippen LogP contribution in [0.3, 0.4) is 0 Å². The second kappa shape index (κ2) is 10.4. The summed E-state index contributed by atoms with van der Waals surface area (Å²) in [5, 5.41) is 3.69. The Morgan fingerprint density at radius 2 is 1.78 bits per heavy atom. The molecule has 27 heavy (non-hydrogen) atoms. The van der Waals surface area contributed by atoms with Crippen molar-refractivity contribution in [1.29, 1.82) is 0 Å². The van der Waals surface area contributed by atoms with Crippen LogP contribution in [0.25, 0.3) is 0 Å². The number of primary amides is 1. The van der Waals surface area contributed by atoms with Gasteiger partial charge in [0.1, 0.15) is 11.5 Å². The van der Waals surface area contributed by atoms with Gasteiger partial charge < -0.3 is 19.9 Å². The number of benzene rings is 2. The molecule has 2 rings (SSSR count). The Kier molecular flexibility index (Phi) is 7.65. The second-order valence-corrected chi connectivity index (χ2v) is 5.37. The zero-order valence-electron chi connectivity index (χ0n) is 14.9. The maximum Gasteiger partial charge on any atom is 0.337 e. The molecule has 0 aliphatic carbocycles. The number of hydrogen-bond acceptors (Lipinski definition) is 6. The van der Waals surface area contributed by atoms with Crippen LogP contribution >= 0.6 is 0 Å². The summed E-state index contributed by atoms with van der Waals surface area (Å²) < 4.78 is 15.9. The molecule has 0 unspecified atom stereocenters. The van der Waals surface area contributed by atoms with Crippen LogP contribution in [0.15, 0.2) is 53.6 Å². The minimum Gasteiger partial charge on any atom is -0.493 e. The number of methoxy groups -OCH3 is 1. The lowest BCUT2D eigenvalue weighted by atomic mass is 10.2. The van der Waals surface area contributed by atoms with E-state index in [-0.39, 0.29) is 5.97 Å². The van der Waals surface area contributed by atoms with Crippen LogP contribution in [0.1, 0.15) is 22.3 Å². The van der Waals surface area contributed by atoms with Gasteiger partial charge in [-0.2, -0.15) is 5.10 Å². The van der Waals surface area contributed by atoms with Gasteiger partial charge in [0.25, 0.3) is 0 Å². The number of carbonyl (C=O) groups is 2. The third-order valence-corrected chi connectivity index (χ3v) is 3.35. The number of ether oxygens (including phenoxy) is 3. The van der Waals surface area contributed by atoms with E-state index in [1.165, 1.54) is 13.3 Å². The van der Waals surface area contributed by atoms with Crippen LogP contribution in [0.4, 0.5) is 4.79 Å². The van der Waals surface area contributed by atoms with Crippen molar-refractivity contribution in [3.63, 3.8) is 0 Å². The molecule has 3 N–H and O–H groups in total. The zero-order chi connectivity index (χ0) is 19.5. The van der Waals surface area contributed by atoms with E-state index in [2.05, 4.69) is 15.3 Å². The van der Waals surface area contributed by atoms with Gasteiger partial charge >= 0.3 is 12.0 Å². The number of amides is 2. The number of esters is 1. The van der Waals surface area contributed by atoms with E-state index in [0.29, 0.717) is 36.7 Å². The van der Waals surface area contributed by atoms with E-state index in [1.54, 1.807) is 30.3 Å². The van der Waals surface area contributed by atoms with E-state index in [1.807, 2.05) is 18.2 Å². The van der Waals surface area contributed by atoms with E-state index in [4.69, 9.17) is 15.2 Å². The highest BCUT2D eigenvalue weighted by atomic mass is 16.5. The predicted molar refractivity (Wildman–Crippen MR) is 100 cm³/mol. The van der Waals surface area contributed by atoms with Crippen molar-refractivity contribution in [3.8, 4) is 11.5 Å². The Bertz CT molecular complexity index is 790. The van der Waals surface area contributed by atoms with Gasteiger partial charge in [0.05, 0.1) is 32.1 Å². The Morgan fingerprint density at radius 1 is 1.07 bits per heavy atom. The molecule has 0 saturated carbocycles.